The lowest BCUT2D eigenvalue weighted by Gasteiger charge is -2.34. The standard InChI is InChI=1S/C13H15BrFNO2/c1-13(5-7-18-8-6-13)16-12(17)9-3-2-4-10(14)11(9)15/h2-4H,5-8H2,1H3,(H,16,17). The topological polar surface area (TPSA) is 38.3 Å². The zero-order valence-electron chi connectivity index (χ0n) is 10.1. The van der Waals surface area contributed by atoms with Gasteiger partial charge in [0, 0.05) is 18.8 Å². The second kappa shape index (κ2) is 5.36. The Kier molecular flexibility index (Phi) is 4.02. The van der Waals surface area contributed by atoms with Crippen LogP contribution in [0.15, 0.2) is 22.7 Å². The number of rotatable bonds is 2. The number of carbonyl (C=O) groups is 1. The SMILES string of the molecule is CC1(NC(=O)c2cccc(Br)c2F)CCOCC1. The Balaban J connectivity index is 2.14. The molecular formula is C13H15BrFNO2. The molecule has 18 heavy (non-hydrogen) atoms. The van der Waals surface area contributed by atoms with Crippen molar-refractivity contribution in [1.29, 1.82) is 0 Å². The number of hydrogen-bond donors (Lipinski definition) is 1. The van der Waals surface area contributed by atoms with Crippen molar-refractivity contribution in [3.8, 4) is 0 Å². The molecular weight excluding hydrogens is 301 g/mol. The minimum Gasteiger partial charge on any atom is -0.381 e. The summed E-state index contributed by atoms with van der Waals surface area (Å²) in [5.74, 6) is -0.899. The molecule has 1 amide bonds. The molecule has 1 saturated heterocycles. The monoisotopic (exact) mass is 315 g/mol. The summed E-state index contributed by atoms with van der Waals surface area (Å²) in [6, 6.07) is 4.70. The molecule has 0 spiro atoms. The molecule has 1 aromatic carbocycles. The fourth-order valence-corrected chi connectivity index (χ4v) is 2.33. The lowest BCUT2D eigenvalue weighted by molar-refractivity contribution is 0.0421. The first-order valence-corrected chi connectivity index (χ1v) is 6.65. The van der Waals surface area contributed by atoms with Crippen molar-refractivity contribution in [1.82, 2.24) is 5.32 Å². The largest absolute Gasteiger partial charge is 0.381 e. The van der Waals surface area contributed by atoms with Crippen molar-refractivity contribution in [3.63, 3.8) is 0 Å². The third-order valence-electron chi connectivity index (χ3n) is 3.21. The minimum atomic E-state index is -0.523. The highest BCUT2D eigenvalue weighted by atomic mass is 79.9. The molecule has 98 valence electrons. The van der Waals surface area contributed by atoms with E-state index in [2.05, 4.69) is 21.2 Å². The van der Waals surface area contributed by atoms with E-state index in [-0.39, 0.29) is 17.0 Å². The van der Waals surface area contributed by atoms with Crippen LogP contribution in [-0.2, 0) is 4.74 Å². The van der Waals surface area contributed by atoms with Gasteiger partial charge in [-0.15, -0.1) is 0 Å². The highest BCUT2D eigenvalue weighted by molar-refractivity contribution is 9.10. The predicted octanol–water partition coefficient (Wildman–Crippen LogP) is 2.89. The molecule has 0 unspecified atom stereocenters. The molecule has 0 aliphatic carbocycles. The average molecular weight is 316 g/mol. The van der Waals surface area contributed by atoms with Gasteiger partial charge < -0.3 is 10.1 Å². The van der Waals surface area contributed by atoms with Gasteiger partial charge in [-0.1, -0.05) is 6.07 Å². The van der Waals surface area contributed by atoms with Crippen molar-refractivity contribution in [2.75, 3.05) is 13.2 Å². The van der Waals surface area contributed by atoms with E-state index in [9.17, 15) is 9.18 Å². The normalized spacial score (nSPS) is 18.4. The maximum Gasteiger partial charge on any atom is 0.254 e. The zero-order chi connectivity index (χ0) is 13.2. The van der Waals surface area contributed by atoms with Crippen molar-refractivity contribution in [2.24, 2.45) is 0 Å². The summed E-state index contributed by atoms with van der Waals surface area (Å²) in [5.41, 5.74) is -0.249. The van der Waals surface area contributed by atoms with Gasteiger partial charge in [0.2, 0.25) is 0 Å². The fourth-order valence-electron chi connectivity index (χ4n) is 1.97. The summed E-state index contributed by atoms with van der Waals surface area (Å²) in [4.78, 5) is 12.1. The van der Waals surface area contributed by atoms with Crippen LogP contribution in [0.3, 0.4) is 0 Å². The van der Waals surface area contributed by atoms with E-state index in [4.69, 9.17) is 4.74 Å². The molecule has 0 bridgehead atoms. The Morgan fingerprint density at radius 2 is 2.11 bits per heavy atom. The first-order chi connectivity index (χ1) is 8.52. The van der Waals surface area contributed by atoms with Crippen LogP contribution in [0, 0.1) is 5.82 Å². The molecule has 5 heteroatoms. The molecule has 2 rings (SSSR count). The molecule has 0 saturated carbocycles. The Bertz CT molecular complexity index is 458. The van der Waals surface area contributed by atoms with Crippen molar-refractivity contribution < 1.29 is 13.9 Å². The fraction of sp³-hybridized carbons (Fsp3) is 0.462. The first kappa shape index (κ1) is 13.5. The molecule has 1 N–H and O–H groups in total. The Labute approximate surface area is 114 Å². The lowest BCUT2D eigenvalue weighted by atomic mass is 9.92. The second-order valence-electron chi connectivity index (χ2n) is 4.73. The van der Waals surface area contributed by atoms with Gasteiger partial charge in [-0.3, -0.25) is 4.79 Å². The smallest absolute Gasteiger partial charge is 0.254 e. The summed E-state index contributed by atoms with van der Waals surface area (Å²) in [5, 5.41) is 2.90. The van der Waals surface area contributed by atoms with E-state index in [1.54, 1.807) is 12.1 Å². The number of benzene rings is 1. The highest BCUT2D eigenvalue weighted by Crippen LogP contribution is 2.22. The number of ether oxygens (including phenoxy) is 1. The third-order valence-corrected chi connectivity index (χ3v) is 3.82. The molecule has 1 aromatic rings. The number of hydrogen-bond acceptors (Lipinski definition) is 2. The van der Waals surface area contributed by atoms with Gasteiger partial charge in [0.15, 0.2) is 0 Å². The van der Waals surface area contributed by atoms with E-state index in [0.29, 0.717) is 17.7 Å². The second-order valence-corrected chi connectivity index (χ2v) is 5.58. The molecule has 1 fully saturated rings. The minimum absolute atomic E-state index is 0.0668. The van der Waals surface area contributed by atoms with Crippen molar-refractivity contribution in [2.45, 2.75) is 25.3 Å². The van der Waals surface area contributed by atoms with Gasteiger partial charge >= 0.3 is 0 Å². The predicted molar refractivity (Wildman–Crippen MR) is 70.0 cm³/mol. The molecule has 1 heterocycles. The van der Waals surface area contributed by atoms with Crippen LogP contribution in [0.4, 0.5) is 4.39 Å². The van der Waals surface area contributed by atoms with Crippen LogP contribution in [0.1, 0.15) is 30.1 Å². The van der Waals surface area contributed by atoms with Crippen LogP contribution >= 0.6 is 15.9 Å². The number of nitrogens with one attached hydrogen (secondary N) is 1. The molecule has 1 aliphatic rings. The van der Waals surface area contributed by atoms with Crippen LogP contribution in [0.25, 0.3) is 0 Å². The molecule has 0 aromatic heterocycles. The van der Waals surface area contributed by atoms with Crippen molar-refractivity contribution in [3.05, 3.63) is 34.1 Å². The van der Waals surface area contributed by atoms with E-state index in [0.717, 1.165) is 12.8 Å². The van der Waals surface area contributed by atoms with Crippen LogP contribution in [-0.4, -0.2) is 24.7 Å². The van der Waals surface area contributed by atoms with Gasteiger partial charge in [-0.05, 0) is 47.8 Å². The van der Waals surface area contributed by atoms with Crippen molar-refractivity contribution >= 4 is 21.8 Å². The lowest BCUT2D eigenvalue weighted by Crippen LogP contribution is -2.49. The quantitative estimate of drug-likeness (QED) is 0.911. The third kappa shape index (κ3) is 2.90. The number of amides is 1. The maximum atomic E-state index is 13.8. The molecule has 0 radical (unpaired) electrons. The summed E-state index contributed by atoms with van der Waals surface area (Å²) in [7, 11) is 0. The molecule has 1 aliphatic heterocycles. The van der Waals surface area contributed by atoms with Gasteiger partial charge in [-0.2, -0.15) is 0 Å². The maximum absolute atomic E-state index is 13.8. The van der Waals surface area contributed by atoms with Crippen LogP contribution in [0.2, 0.25) is 0 Å². The van der Waals surface area contributed by atoms with Gasteiger partial charge in [0.05, 0.1) is 10.0 Å². The van der Waals surface area contributed by atoms with Crippen LogP contribution < -0.4 is 5.32 Å². The number of carbonyl (C=O) groups excluding carboxylic acids is 1. The van der Waals surface area contributed by atoms with E-state index >= 15 is 0 Å². The Morgan fingerprint density at radius 3 is 2.78 bits per heavy atom. The van der Waals surface area contributed by atoms with Gasteiger partial charge in [-0.25, -0.2) is 4.39 Å². The Morgan fingerprint density at radius 1 is 1.44 bits per heavy atom. The summed E-state index contributed by atoms with van der Waals surface area (Å²) in [6.45, 7) is 3.21. The average Bonchev–Trinajstić information content (AvgIpc) is 2.33. The summed E-state index contributed by atoms with van der Waals surface area (Å²) < 4.78 is 19.4. The van der Waals surface area contributed by atoms with Gasteiger partial charge in [0.1, 0.15) is 5.82 Å². The van der Waals surface area contributed by atoms with Crippen LogP contribution in [0.5, 0.6) is 0 Å². The van der Waals surface area contributed by atoms with Gasteiger partial charge in [0.25, 0.3) is 5.91 Å². The zero-order valence-corrected chi connectivity index (χ0v) is 11.7. The molecule has 3 nitrogen and oxygen atoms in total. The number of halogens is 2. The van der Waals surface area contributed by atoms with E-state index < -0.39 is 5.82 Å². The first-order valence-electron chi connectivity index (χ1n) is 5.86. The highest BCUT2D eigenvalue weighted by Gasteiger charge is 2.30. The van der Waals surface area contributed by atoms with E-state index in [1.807, 2.05) is 6.92 Å². The summed E-state index contributed by atoms with van der Waals surface area (Å²) >= 11 is 3.08. The Hall–Kier alpha value is -0.940. The molecule has 0 atom stereocenters. The summed E-state index contributed by atoms with van der Waals surface area (Å²) in [6.07, 6.45) is 1.49. The van der Waals surface area contributed by atoms with E-state index in [1.165, 1.54) is 6.07 Å².